The van der Waals surface area contributed by atoms with Crippen LogP contribution in [0.5, 0.6) is 11.5 Å². The summed E-state index contributed by atoms with van der Waals surface area (Å²) in [4.78, 5) is 38.1. The number of ketones is 1. The number of Topliss-reactive ketones (excluding diaryl/α,β-unsaturated/α-hetero) is 1. The van der Waals surface area contributed by atoms with Gasteiger partial charge in [0, 0.05) is 17.3 Å². The van der Waals surface area contributed by atoms with E-state index in [2.05, 4.69) is 0 Å². The molecule has 36 heavy (non-hydrogen) atoms. The number of nitro groups is 1. The molecule has 2 N–H and O–H groups in total. The van der Waals surface area contributed by atoms with Crippen LogP contribution in [-0.4, -0.2) is 33.4 Å². The van der Waals surface area contributed by atoms with Crippen molar-refractivity contribution in [2.24, 2.45) is 0 Å². The number of carbonyl (C=O) groups excluding carboxylic acids is 2. The first kappa shape index (κ1) is 24.0. The van der Waals surface area contributed by atoms with Gasteiger partial charge in [0.05, 0.1) is 34.8 Å². The van der Waals surface area contributed by atoms with Crippen LogP contribution in [0.2, 0.25) is 0 Å². The normalized spacial score (nSPS) is 16.6. The lowest BCUT2D eigenvalue weighted by molar-refractivity contribution is -0.385. The van der Waals surface area contributed by atoms with Crippen LogP contribution < -0.4 is 9.64 Å². The molecule has 0 spiro atoms. The Morgan fingerprint density at radius 1 is 1.11 bits per heavy atom. The fourth-order valence-electron chi connectivity index (χ4n) is 4.00. The summed E-state index contributed by atoms with van der Waals surface area (Å²) < 4.78 is 5.40. The first-order chi connectivity index (χ1) is 17.3. The lowest BCUT2D eigenvalue weighted by Gasteiger charge is -2.25. The highest BCUT2D eigenvalue weighted by atomic mass is 16.6. The highest BCUT2D eigenvalue weighted by Gasteiger charge is 2.47. The highest BCUT2D eigenvalue weighted by molar-refractivity contribution is 6.51. The minimum atomic E-state index is -1.25. The summed E-state index contributed by atoms with van der Waals surface area (Å²) in [5.74, 6) is -2.49. The van der Waals surface area contributed by atoms with Crippen molar-refractivity contribution in [3.8, 4) is 17.6 Å². The van der Waals surface area contributed by atoms with Gasteiger partial charge < -0.3 is 14.9 Å². The van der Waals surface area contributed by atoms with E-state index in [9.17, 15) is 29.9 Å². The first-order valence-electron chi connectivity index (χ1n) is 10.8. The number of benzene rings is 3. The molecule has 10 nitrogen and oxygen atoms in total. The number of hydrogen-bond donors (Lipinski definition) is 2. The third-order valence-electron chi connectivity index (χ3n) is 5.67. The van der Waals surface area contributed by atoms with Gasteiger partial charge in [-0.3, -0.25) is 24.6 Å². The SMILES string of the molecule is CCOc1ccc(/C(O)=C2/C(=O)C(=O)N(c3ccc(C#N)cc3)C2c2ccc(O)c([N+](=O)[O-])c2)cc1. The van der Waals surface area contributed by atoms with E-state index >= 15 is 0 Å². The Kier molecular flexibility index (Phi) is 6.39. The molecule has 1 unspecified atom stereocenters. The topological polar surface area (TPSA) is 154 Å². The Morgan fingerprint density at radius 2 is 1.78 bits per heavy atom. The van der Waals surface area contributed by atoms with E-state index in [0.717, 1.165) is 17.0 Å². The standard InChI is InChI=1S/C26H19N3O7/c1-2-36-19-10-5-16(6-11-19)24(31)22-23(17-7-12-21(30)20(13-17)29(34)35)28(26(33)25(22)32)18-8-3-15(14-27)4-9-18/h3-13,23,30-31H,2H2,1H3/b24-22-. The van der Waals surface area contributed by atoms with Crippen molar-refractivity contribution >= 4 is 28.8 Å². The number of nitrogens with zero attached hydrogens (tertiary/aromatic N) is 3. The van der Waals surface area contributed by atoms with Crippen LogP contribution >= 0.6 is 0 Å². The number of aromatic hydroxyl groups is 1. The zero-order valence-electron chi connectivity index (χ0n) is 18.9. The molecule has 1 heterocycles. The van der Waals surface area contributed by atoms with Crippen molar-refractivity contribution in [1.29, 1.82) is 5.26 Å². The fraction of sp³-hybridized carbons (Fsp3) is 0.115. The highest BCUT2D eigenvalue weighted by Crippen LogP contribution is 2.44. The number of nitriles is 1. The summed E-state index contributed by atoms with van der Waals surface area (Å²) >= 11 is 0. The van der Waals surface area contributed by atoms with Gasteiger partial charge in [0.15, 0.2) is 5.75 Å². The number of carbonyl (C=O) groups is 2. The molecule has 4 rings (SSSR count). The molecule has 1 aliphatic heterocycles. The molecule has 10 heteroatoms. The van der Waals surface area contributed by atoms with Gasteiger partial charge in [0.2, 0.25) is 0 Å². The molecule has 0 aromatic heterocycles. The van der Waals surface area contributed by atoms with Crippen LogP contribution in [0, 0.1) is 21.4 Å². The number of hydrogen-bond acceptors (Lipinski definition) is 8. The van der Waals surface area contributed by atoms with Crippen molar-refractivity contribution in [1.82, 2.24) is 0 Å². The molecule has 3 aromatic carbocycles. The molecule has 1 fully saturated rings. The van der Waals surface area contributed by atoms with E-state index in [1.54, 1.807) is 12.1 Å². The van der Waals surface area contributed by atoms with Gasteiger partial charge in [-0.2, -0.15) is 5.26 Å². The monoisotopic (exact) mass is 485 g/mol. The van der Waals surface area contributed by atoms with Gasteiger partial charge >= 0.3 is 5.69 Å². The maximum absolute atomic E-state index is 13.2. The molecular formula is C26H19N3O7. The fourth-order valence-corrected chi connectivity index (χ4v) is 4.00. The molecule has 3 aromatic rings. The van der Waals surface area contributed by atoms with Crippen LogP contribution in [0.4, 0.5) is 11.4 Å². The largest absolute Gasteiger partial charge is 0.507 e. The summed E-state index contributed by atoms with van der Waals surface area (Å²) in [6, 6.07) is 16.2. The Morgan fingerprint density at radius 3 is 2.36 bits per heavy atom. The third-order valence-corrected chi connectivity index (χ3v) is 5.67. The van der Waals surface area contributed by atoms with Gasteiger partial charge in [0.25, 0.3) is 11.7 Å². The summed E-state index contributed by atoms with van der Waals surface area (Å²) in [5, 5.41) is 41.6. The minimum Gasteiger partial charge on any atom is -0.507 e. The van der Waals surface area contributed by atoms with E-state index < -0.39 is 39.9 Å². The zero-order chi connectivity index (χ0) is 26.0. The van der Waals surface area contributed by atoms with Crippen molar-refractivity contribution < 1.29 is 29.5 Å². The number of rotatable bonds is 6. The van der Waals surface area contributed by atoms with Gasteiger partial charge in [-0.25, -0.2) is 0 Å². The van der Waals surface area contributed by atoms with Gasteiger partial charge in [-0.05, 0) is 67.1 Å². The number of phenols is 1. The number of nitro benzene ring substituents is 1. The second-order valence-electron chi connectivity index (χ2n) is 7.79. The Bertz CT molecular complexity index is 1440. The zero-order valence-corrected chi connectivity index (χ0v) is 18.9. The quantitative estimate of drug-likeness (QED) is 0.173. The predicted octanol–water partition coefficient (Wildman–Crippen LogP) is 4.20. The van der Waals surface area contributed by atoms with Crippen LogP contribution in [0.25, 0.3) is 5.76 Å². The van der Waals surface area contributed by atoms with Crippen molar-refractivity contribution in [3.63, 3.8) is 0 Å². The second-order valence-corrected chi connectivity index (χ2v) is 7.79. The van der Waals surface area contributed by atoms with E-state index in [0.29, 0.717) is 17.9 Å². The maximum atomic E-state index is 13.2. The molecular weight excluding hydrogens is 466 g/mol. The van der Waals surface area contributed by atoms with E-state index in [1.807, 2.05) is 13.0 Å². The first-order valence-corrected chi connectivity index (χ1v) is 10.8. The number of phenolic OH excluding ortho intramolecular Hbond substituents is 1. The van der Waals surface area contributed by atoms with Crippen molar-refractivity contribution in [2.45, 2.75) is 13.0 Å². The molecule has 0 bridgehead atoms. The average molecular weight is 485 g/mol. The molecule has 0 radical (unpaired) electrons. The number of amides is 1. The number of aliphatic hydroxyl groups is 1. The summed E-state index contributed by atoms with van der Waals surface area (Å²) in [7, 11) is 0. The van der Waals surface area contributed by atoms with Crippen LogP contribution in [0.3, 0.4) is 0 Å². The smallest absolute Gasteiger partial charge is 0.311 e. The van der Waals surface area contributed by atoms with Crippen LogP contribution in [0.15, 0.2) is 72.3 Å². The third kappa shape index (κ3) is 4.21. The van der Waals surface area contributed by atoms with Gasteiger partial charge in [-0.1, -0.05) is 6.07 Å². The predicted molar refractivity (Wildman–Crippen MR) is 128 cm³/mol. The van der Waals surface area contributed by atoms with Crippen LogP contribution in [-0.2, 0) is 9.59 Å². The van der Waals surface area contributed by atoms with E-state index in [4.69, 9.17) is 10.00 Å². The lowest BCUT2D eigenvalue weighted by atomic mass is 9.94. The van der Waals surface area contributed by atoms with Gasteiger partial charge in [-0.15, -0.1) is 0 Å². The molecule has 1 saturated heterocycles. The Labute approximate surface area is 205 Å². The van der Waals surface area contributed by atoms with Crippen LogP contribution in [0.1, 0.15) is 29.7 Å². The number of aliphatic hydroxyl groups excluding tert-OH is 1. The Balaban J connectivity index is 1.93. The number of anilines is 1. The van der Waals surface area contributed by atoms with E-state index in [1.165, 1.54) is 42.5 Å². The summed E-state index contributed by atoms with van der Waals surface area (Å²) in [5.41, 5.74) is 0.00159. The lowest BCUT2D eigenvalue weighted by Crippen LogP contribution is -2.29. The van der Waals surface area contributed by atoms with E-state index in [-0.39, 0.29) is 22.4 Å². The molecule has 1 atom stereocenters. The summed E-state index contributed by atoms with van der Waals surface area (Å²) in [6.07, 6.45) is 0. The molecule has 0 aliphatic carbocycles. The molecule has 1 aliphatic rings. The molecule has 180 valence electrons. The minimum absolute atomic E-state index is 0.121. The van der Waals surface area contributed by atoms with Crippen molar-refractivity contribution in [2.75, 3.05) is 11.5 Å². The molecule has 0 saturated carbocycles. The average Bonchev–Trinajstić information content (AvgIpc) is 3.14. The van der Waals surface area contributed by atoms with Crippen molar-refractivity contribution in [3.05, 3.63) is 99.1 Å². The molecule has 1 amide bonds. The maximum Gasteiger partial charge on any atom is 0.311 e. The summed E-state index contributed by atoms with van der Waals surface area (Å²) in [6.45, 7) is 2.25. The number of ether oxygens (including phenoxy) is 1. The van der Waals surface area contributed by atoms with Gasteiger partial charge in [0.1, 0.15) is 11.5 Å². The second kappa shape index (κ2) is 9.60. The Hall–Kier alpha value is -5.17.